The Kier molecular flexibility index (Phi) is 4.43. The van der Waals surface area contributed by atoms with Crippen molar-refractivity contribution in [3.8, 4) is 0 Å². The summed E-state index contributed by atoms with van der Waals surface area (Å²) in [5, 5.41) is 10.4. The van der Waals surface area contributed by atoms with E-state index < -0.39 is 33.8 Å². The Morgan fingerprint density at radius 2 is 1.93 bits per heavy atom. The van der Waals surface area contributed by atoms with Crippen LogP contribution < -0.4 is 5.32 Å². The minimum absolute atomic E-state index is 0.0385. The van der Waals surface area contributed by atoms with Crippen LogP contribution in [-0.2, 0) is 19.7 Å². The number of carboxylic acids is 1. The average molecular weight is 237 g/mol. The molecule has 0 aliphatic heterocycles. The van der Waals surface area contributed by atoms with E-state index >= 15 is 0 Å². The largest absolute Gasteiger partial charge is 0.480 e. The highest BCUT2D eigenvalue weighted by atomic mass is 32.2. The summed E-state index contributed by atoms with van der Waals surface area (Å²) in [6.45, 7) is 4.58. The highest BCUT2D eigenvalue weighted by Crippen LogP contribution is 1.95. The summed E-state index contributed by atoms with van der Waals surface area (Å²) in [6, 6.07) is -1.69. The van der Waals surface area contributed by atoms with Gasteiger partial charge < -0.3 is 10.4 Å². The molecule has 15 heavy (non-hydrogen) atoms. The molecule has 0 aliphatic carbocycles. The maximum absolute atomic E-state index is 11.0. The van der Waals surface area contributed by atoms with Gasteiger partial charge in [-0.1, -0.05) is 6.58 Å². The first-order chi connectivity index (χ1) is 6.63. The molecule has 8 heteroatoms. The molecule has 0 rings (SSSR count). The number of carbonyl (C=O) groups is 2. The smallest absolute Gasteiger partial charge is 0.327 e. The number of rotatable bonds is 5. The normalized spacial score (nSPS) is 12.9. The van der Waals surface area contributed by atoms with Gasteiger partial charge in [-0.05, 0) is 6.92 Å². The Morgan fingerprint density at radius 3 is 2.20 bits per heavy atom. The molecule has 0 aromatic carbocycles. The summed E-state index contributed by atoms with van der Waals surface area (Å²) in [5.41, 5.74) is 0.0385. The molecule has 0 radical (unpaired) electrons. The van der Waals surface area contributed by atoms with Crippen LogP contribution in [0.5, 0.6) is 0 Å². The third-order valence-corrected chi connectivity index (χ3v) is 2.12. The lowest BCUT2D eigenvalue weighted by atomic mass is 10.3. The third-order valence-electron chi connectivity index (χ3n) is 1.37. The topological polar surface area (TPSA) is 121 Å². The monoisotopic (exact) mass is 237 g/mol. The molecule has 1 unspecified atom stereocenters. The second-order valence-electron chi connectivity index (χ2n) is 2.89. The van der Waals surface area contributed by atoms with E-state index in [1.165, 1.54) is 6.92 Å². The van der Waals surface area contributed by atoms with Gasteiger partial charge in [0.1, 0.15) is 11.8 Å². The van der Waals surface area contributed by atoms with Gasteiger partial charge in [-0.25, -0.2) is 4.79 Å². The van der Waals surface area contributed by atoms with E-state index in [-0.39, 0.29) is 5.57 Å². The molecule has 0 aliphatic rings. The molecule has 0 aromatic rings. The number of hydrogen-bond donors (Lipinski definition) is 3. The third kappa shape index (κ3) is 5.81. The van der Waals surface area contributed by atoms with E-state index in [0.717, 1.165) is 0 Å². The van der Waals surface area contributed by atoms with Gasteiger partial charge in [0.05, 0.1) is 0 Å². The Balaban J connectivity index is 4.64. The van der Waals surface area contributed by atoms with Crippen molar-refractivity contribution in [2.24, 2.45) is 0 Å². The van der Waals surface area contributed by atoms with Gasteiger partial charge in [0.15, 0.2) is 0 Å². The van der Waals surface area contributed by atoms with Crippen LogP contribution in [0.1, 0.15) is 6.92 Å². The summed E-state index contributed by atoms with van der Waals surface area (Å²) in [4.78, 5) is 21.5. The standard InChI is InChI=1S/C7H11NO6S/c1-4(2)6(9)8-5(7(10)11)3-15(12,13)14/h5H,1,3H2,2H3,(H,8,9)(H,10,11)(H,12,13,14). The fourth-order valence-electron chi connectivity index (χ4n) is 0.667. The average Bonchev–Trinajstić information content (AvgIpc) is 1.99. The van der Waals surface area contributed by atoms with Crippen molar-refractivity contribution in [3.05, 3.63) is 12.2 Å². The fourth-order valence-corrected chi connectivity index (χ4v) is 1.31. The van der Waals surface area contributed by atoms with E-state index in [4.69, 9.17) is 9.66 Å². The first kappa shape index (κ1) is 13.6. The van der Waals surface area contributed by atoms with Crippen molar-refractivity contribution in [1.82, 2.24) is 5.32 Å². The van der Waals surface area contributed by atoms with Crippen LogP contribution in [0.15, 0.2) is 12.2 Å². The SMILES string of the molecule is C=C(C)C(=O)NC(CS(=O)(=O)O)C(=O)O. The lowest BCUT2D eigenvalue weighted by Gasteiger charge is -2.12. The van der Waals surface area contributed by atoms with Crippen molar-refractivity contribution < 1.29 is 27.7 Å². The zero-order valence-corrected chi connectivity index (χ0v) is 8.74. The molecule has 0 bridgehead atoms. The van der Waals surface area contributed by atoms with Crippen molar-refractivity contribution in [2.75, 3.05) is 5.75 Å². The fraction of sp³-hybridized carbons (Fsp3) is 0.429. The number of hydrogen-bond acceptors (Lipinski definition) is 4. The molecule has 1 atom stereocenters. The minimum atomic E-state index is -4.46. The summed E-state index contributed by atoms with van der Waals surface area (Å²) >= 11 is 0. The van der Waals surface area contributed by atoms with Crippen molar-refractivity contribution in [1.29, 1.82) is 0 Å². The first-order valence-electron chi connectivity index (χ1n) is 3.78. The van der Waals surface area contributed by atoms with Crippen LogP contribution in [0.25, 0.3) is 0 Å². The van der Waals surface area contributed by atoms with Crippen LogP contribution in [0.3, 0.4) is 0 Å². The van der Waals surface area contributed by atoms with E-state index in [0.29, 0.717) is 0 Å². The second-order valence-corrected chi connectivity index (χ2v) is 4.39. The van der Waals surface area contributed by atoms with Crippen molar-refractivity contribution >= 4 is 22.0 Å². The van der Waals surface area contributed by atoms with Crippen LogP contribution in [-0.4, -0.2) is 41.7 Å². The van der Waals surface area contributed by atoms with Crippen molar-refractivity contribution in [3.63, 3.8) is 0 Å². The van der Waals surface area contributed by atoms with E-state index in [9.17, 15) is 18.0 Å². The Hall–Kier alpha value is -1.41. The molecule has 0 saturated heterocycles. The van der Waals surface area contributed by atoms with Gasteiger partial charge >= 0.3 is 5.97 Å². The molecule has 7 nitrogen and oxygen atoms in total. The lowest BCUT2D eigenvalue weighted by molar-refractivity contribution is -0.140. The van der Waals surface area contributed by atoms with Gasteiger partial charge in [-0.2, -0.15) is 8.42 Å². The highest BCUT2D eigenvalue weighted by molar-refractivity contribution is 7.85. The maximum Gasteiger partial charge on any atom is 0.327 e. The number of amides is 1. The Labute approximate surface area is 86.5 Å². The van der Waals surface area contributed by atoms with Crippen LogP contribution >= 0.6 is 0 Å². The number of carbonyl (C=O) groups excluding carboxylic acids is 1. The first-order valence-corrected chi connectivity index (χ1v) is 5.38. The molecule has 0 aromatic heterocycles. The van der Waals surface area contributed by atoms with Crippen LogP contribution in [0.2, 0.25) is 0 Å². The molecule has 0 heterocycles. The van der Waals surface area contributed by atoms with Gasteiger partial charge in [0.2, 0.25) is 5.91 Å². The van der Waals surface area contributed by atoms with Gasteiger partial charge in [0, 0.05) is 5.57 Å². The lowest BCUT2D eigenvalue weighted by Crippen LogP contribution is -2.45. The molecule has 0 fully saturated rings. The Morgan fingerprint density at radius 1 is 1.47 bits per heavy atom. The number of nitrogens with one attached hydrogen (secondary N) is 1. The number of carboxylic acid groups (broad SMARTS) is 1. The molecular weight excluding hydrogens is 226 g/mol. The summed E-state index contributed by atoms with van der Waals surface area (Å²) in [5.74, 6) is -3.42. The van der Waals surface area contributed by atoms with Gasteiger partial charge in [0.25, 0.3) is 10.1 Å². The summed E-state index contributed by atoms with van der Waals surface area (Å²) < 4.78 is 29.3. The molecule has 86 valence electrons. The molecule has 1 amide bonds. The highest BCUT2D eigenvalue weighted by Gasteiger charge is 2.25. The predicted molar refractivity (Wildman–Crippen MR) is 50.8 cm³/mol. The second kappa shape index (κ2) is 4.89. The van der Waals surface area contributed by atoms with Crippen LogP contribution in [0.4, 0.5) is 0 Å². The molecule has 0 spiro atoms. The van der Waals surface area contributed by atoms with Gasteiger partial charge in [-0.3, -0.25) is 9.35 Å². The van der Waals surface area contributed by atoms with E-state index in [1.54, 1.807) is 0 Å². The van der Waals surface area contributed by atoms with Crippen molar-refractivity contribution in [2.45, 2.75) is 13.0 Å². The number of aliphatic carboxylic acids is 1. The van der Waals surface area contributed by atoms with E-state index in [2.05, 4.69) is 6.58 Å². The predicted octanol–water partition coefficient (Wildman–Crippen LogP) is -0.980. The zero-order valence-electron chi connectivity index (χ0n) is 7.93. The quantitative estimate of drug-likeness (QED) is 0.417. The van der Waals surface area contributed by atoms with Gasteiger partial charge in [-0.15, -0.1) is 0 Å². The minimum Gasteiger partial charge on any atom is -0.480 e. The molecular formula is C7H11NO6S. The molecule has 0 saturated carbocycles. The maximum atomic E-state index is 11.0. The summed E-state index contributed by atoms with van der Waals surface area (Å²) in [6.07, 6.45) is 0. The van der Waals surface area contributed by atoms with E-state index in [1.807, 2.05) is 5.32 Å². The molecule has 3 N–H and O–H groups in total. The summed E-state index contributed by atoms with van der Waals surface area (Å²) in [7, 11) is -4.46. The van der Waals surface area contributed by atoms with Crippen LogP contribution in [0, 0.1) is 0 Å². The zero-order chi connectivity index (χ0) is 12.2. The Bertz CT molecular complexity index is 384.